The zero-order valence-electron chi connectivity index (χ0n) is 28.0. The van der Waals surface area contributed by atoms with Gasteiger partial charge in [0, 0.05) is 0 Å². The molecule has 0 bridgehead atoms. The first-order valence-electron chi connectivity index (χ1n) is 19.2. The van der Waals surface area contributed by atoms with Crippen LogP contribution in [0, 0.1) is 6.42 Å². The molecule has 0 amide bonds. The van der Waals surface area contributed by atoms with Crippen molar-refractivity contribution < 1.29 is 0 Å². The van der Waals surface area contributed by atoms with Gasteiger partial charge in [0.1, 0.15) is 0 Å². The van der Waals surface area contributed by atoms with E-state index in [0.29, 0.717) is 0 Å². The molecular weight excluding hydrogens is 468 g/mol. The van der Waals surface area contributed by atoms with Crippen LogP contribution in [0.5, 0.6) is 0 Å². The lowest BCUT2D eigenvalue weighted by Gasteiger charge is -2.05. The largest absolute Gasteiger partial charge is 0.0654 e. The first-order valence-corrected chi connectivity index (χ1v) is 19.2. The number of hydrogen-bond donors (Lipinski definition) is 0. The highest BCUT2D eigenvalue weighted by Gasteiger charge is 1.97. The van der Waals surface area contributed by atoms with Crippen molar-refractivity contribution in [1.29, 1.82) is 0 Å². The van der Waals surface area contributed by atoms with Crippen LogP contribution in [0.15, 0.2) is 0 Å². The van der Waals surface area contributed by atoms with Crippen molar-refractivity contribution in [1.82, 2.24) is 0 Å². The van der Waals surface area contributed by atoms with Crippen molar-refractivity contribution in [2.45, 2.75) is 245 Å². The molecule has 0 aromatic heterocycles. The Labute approximate surface area is 251 Å². The summed E-state index contributed by atoms with van der Waals surface area (Å²) in [7, 11) is 0. The van der Waals surface area contributed by atoms with Gasteiger partial charge in [0.05, 0.1) is 0 Å². The van der Waals surface area contributed by atoms with Crippen LogP contribution >= 0.6 is 0 Å². The van der Waals surface area contributed by atoms with E-state index in [1.54, 1.807) is 0 Å². The summed E-state index contributed by atoms with van der Waals surface area (Å²) in [5.74, 6) is 0. The van der Waals surface area contributed by atoms with E-state index in [-0.39, 0.29) is 0 Å². The van der Waals surface area contributed by atoms with Crippen LogP contribution in [-0.4, -0.2) is 0 Å². The molecule has 0 aliphatic carbocycles. The van der Waals surface area contributed by atoms with Crippen LogP contribution in [0.25, 0.3) is 0 Å². The van der Waals surface area contributed by atoms with E-state index in [1.165, 1.54) is 231 Å². The minimum Gasteiger partial charge on any atom is -0.0654 e. The van der Waals surface area contributed by atoms with Crippen LogP contribution in [0.3, 0.4) is 0 Å². The summed E-state index contributed by atoms with van der Waals surface area (Å²) in [5, 5.41) is 0. The van der Waals surface area contributed by atoms with Crippen molar-refractivity contribution in [3.05, 3.63) is 6.42 Å². The third-order valence-electron chi connectivity index (χ3n) is 9.02. The summed E-state index contributed by atoms with van der Waals surface area (Å²) in [6.45, 7) is 4.62. The molecule has 0 heterocycles. The molecule has 1 radical (unpaired) electrons. The van der Waals surface area contributed by atoms with Crippen molar-refractivity contribution in [3.8, 4) is 0 Å². The van der Waals surface area contributed by atoms with Crippen LogP contribution in [-0.2, 0) is 0 Å². The molecule has 0 saturated carbocycles. The zero-order valence-corrected chi connectivity index (χ0v) is 28.0. The van der Waals surface area contributed by atoms with Gasteiger partial charge in [-0.25, -0.2) is 0 Å². The second-order valence-electron chi connectivity index (χ2n) is 13.2. The van der Waals surface area contributed by atoms with E-state index >= 15 is 0 Å². The summed E-state index contributed by atoms with van der Waals surface area (Å²) in [4.78, 5) is 0. The fourth-order valence-corrected chi connectivity index (χ4v) is 6.17. The van der Waals surface area contributed by atoms with E-state index in [0.717, 1.165) is 0 Å². The summed E-state index contributed by atoms with van der Waals surface area (Å²) in [6, 6.07) is 0. The Kier molecular flexibility index (Phi) is 38.0. The predicted octanol–water partition coefficient (Wildman–Crippen LogP) is 15.3. The lowest BCUT2D eigenvalue weighted by atomic mass is 10.0. The predicted molar refractivity (Wildman–Crippen MR) is 182 cm³/mol. The minimum atomic E-state index is 1.37. The van der Waals surface area contributed by atoms with Crippen molar-refractivity contribution >= 4 is 0 Å². The summed E-state index contributed by atoms with van der Waals surface area (Å²) >= 11 is 0. The minimum absolute atomic E-state index is 1.37. The second-order valence-corrected chi connectivity index (χ2v) is 13.2. The molecule has 0 nitrogen and oxygen atoms in total. The van der Waals surface area contributed by atoms with Gasteiger partial charge in [-0.3, -0.25) is 0 Å². The molecule has 0 atom stereocenters. The van der Waals surface area contributed by atoms with Gasteiger partial charge in [0.25, 0.3) is 0 Å². The fourth-order valence-electron chi connectivity index (χ4n) is 6.17. The van der Waals surface area contributed by atoms with Gasteiger partial charge in [-0.15, -0.1) is 0 Å². The molecule has 39 heavy (non-hydrogen) atoms. The first-order chi connectivity index (χ1) is 19.4. The van der Waals surface area contributed by atoms with E-state index < -0.39 is 0 Å². The lowest BCUT2D eigenvalue weighted by Crippen LogP contribution is -1.85. The van der Waals surface area contributed by atoms with Crippen molar-refractivity contribution in [2.75, 3.05) is 0 Å². The Hall–Kier alpha value is 0. The average Bonchev–Trinajstić information content (AvgIpc) is 2.95. The Morgan fingerprint density at radius 3 is 0.538 bits per heavy atom. The fraction of sp³-hybridized carbons (Fsp3) is 0.974. The van der Waals surface area contributed by atoms with E-state index in [2.05, 4.69) is 20.3 Å². The molecule has 0 aromatic carbocycles. The molecular formula is C39H79. The zero-order chi connectivity index (χ0) is 28.2. The standard InChI is InChI=1S/C39H79/c1-3-5-7-9-11-13-15-17-19-21-23-25-27-29-31-33-35-37-39-38-36-34-32-30-28-26-24-22-20-18-16-14-12-10-8-6-4-2/h35H,3-34,36-39H2,1-2H3. The Morgan fingerprint density at radius 1 is 0.205 bits per heavy atom. The lowest BCUT2D eigenvalue weighted by molar-refractivity contribution is 0.522. The Balaban J connectivity index is 3.01. The molecule has 0 aliphatic heterocycles. The highest BCUT2D eigenvalue weighted by Crippen LogP contribution is 2.17. The van der Waals surface area contributed by atoms with Crippen molar-refractivity contribution in [2.24, 2.45) is 0 Å². The first kappa shape index (κ1) is 39.0. The molecule has 0 aromatic rings. The normalized spacial score (nSPS) is 11.5. The maximum absolute atomic E-state index is 2.59. The molecule has 0 unspecified atom stereocenters. The molecule has 0 heteroatoms. The Bertz CT molecular complexity index is 349. The molecule has 0 saturated heterocycles. The monoisotopic (exact) mass is 548 g/mol. The summed E-state index contributed by atoms with van der Waals surface area (Å²) in [6.07, 6.45) is 55.4. The van der Waals surface area contributed by atoms with E-state index in [9.17, 15) is 0 Å². The number of hydrogen-bond acceptors (Lipinski definition) is 0. The summed E-state index contributed by atoms with van der Waals surface area (Å²) < 4.78 is 0. The highest BCUT2D eigenvalue weighted by molar-refractivity contribution is 4.65. The summed E-state index contributed by atoms with van der Waals surface area (Å²) in [5.41, 5.74) is 0. The topological polar surface area (TPSA) is 0 Å². The smallest absolute Gasteiger partial charge is 0.0386 e. The van der Waals surface area contributed by atoms with Gasteiger partial charge >= 0.3 is 0 Å². The highest BCUT2D eigenvalue weighted by atomic mass is 14.0. The van der Waals surface area contributed by atoms with Crippen LogP contribution in [0.4, 0.5) is 0 Å². The number of unbranched alkanes of at least 4 members (excludes halogenated alkanes) is 36. The van der Waals surface area contributed by atoms with Crippen molar-refractivity contribution in [3.63, 3.8) is 0 Å². The van der Waals surface area contributed by atoms with E-state index in [4.69, 9.17) is 0 Å². The van der Waals surface area contributed by atoms with Gasteiger partial charge in [0.2, 0.25) is 0 Å². The maximum atomic E-state index is 2.59. The van der Waals surface area contributed by atoms with Crippen LogP contribution in [0.2, 0.25) is 0 Å². The van der Waals surface area contributed by atoms with Gasteiger partial charge in [-0.05, 0) is 6.42 Å². The molecule has 0 aliphatic rings. The van der Waals surface area contributed by atoms with Crippen LogP contribution < -0.4 is 0 Å². The Morgan fingerprint density at radius 2 is 0.359 bits per heavy atom. The van der Waals surface area contributed by atoms with E-state index in [1.807, 2.05) is 0 Å². The molecule has 0 rings (SSSR count). The quantitative estimate of drug-likeness (QED) is 0.0684. The second kappa shape index (κ2) is 38.0. The van der Waals surface area contributed by atoms with Crippen LogP contribution in [0.1, 0.15) is 245 Å². The molecule has 0 spiro atoms. The van der Waals surface area contributed by atoms with Gasteiger partial charge < -0.3 is 0 Å². The van der Waals surface area contributed by atoms with Gasteiger partial charge in [-0.2, -0.15) is 0 Å². The molecule has 0 N–H and O–H groups in total. The van der Waals surface area contributed by atoms with Gasteiger partial charge in [-0.1, -0.05) is 245 Å². The SMILES string of the molecule is CCCCCCCCCCCCCCCCC[CH]CCCCCCCCCCCCCCCCCCCCC. The molecule has 235 valence electrons. The third-order valence-corrected chi connectivity index (χ3v) is 9.02. The molecule has 0 fully saturated rings. The maximum Gasteiger partial charge on any atom is -0.0386 e. The van der Waals surface area contributed by atoms with Gasteiger partial charge in [0.15, 0.2) is 0 Å². The third kappa shape index (κ3) is 38.0. The average molecular weight is 548 g/mol. The number of rotatable bonds is 36.